The highest BCUT2D eigenvalue weighted by Gasteiger charge is 2.17. The van der Waals surface area contributed by atoms with E-state index >= 15 is 0 Å². The molecule has 1 aromatic heterocycles. The molecule has 2 aromatic carbocycles. The van der Waals surface area contributed by atoms with Crippen LogP contribution in [0.5, 0.6) is 5.75 Å². The third-order valence-electron chi connectivity index (χ3n) is 3.32. The number of ether oxygens (including phenoxy) is 1. The molecule has 0 aliphatic heterocycles. The maximum Gasteiger partial charge on any atom is 0.195 e. The highest BCUT2D eigenvalue weighted by atomic mass is 127. The average Bonchev–Trinajstić information content (AvgIpc) is 2.93. The van der Waals surface area contributed by atoms with Gasteiger partial charge < -0.3 is 9.72 Å². The van der Waals surface area contributed by atoms with Gasteiger partial charge in [-0.15, -0.1) is 0 Å². The van der Waals surface area contributed by atoms with Gasteiger partial charge in [-0.1, -0.05) is 6.07 Å². The van der Waals surface area contributed by atoms with Crippen LogP contribution in [0.3, 0.4) is 0 Å². The van der Waals surface area contributed by atoms with E-state index in [1.807, 2.05) is 49.4 Å². The van der Waals surface area contributed by atoms with Crippen LogP contribution in [0.1, 0.15) is 22.8 Å². The van der Waals surface area contributed by atoms with Crippen molar-refractivity contribution in [1.82, 2.24) is 4.98 Å². The third kappa shape index (κ3) is 2.68. The number of fused-ring (bicyclic) bond motifs is 1. The molecule has 1 heterocycles. The minimum atomic E-state index is 0.00445. The van der Waals surface area contributed by atoms with Crippen LogP contribution < -0.4 is 4.74 Å². The van der Waals surface area contributed by atoms with Crippen molar-refractivity contribution in [3.8, 4) is 5.75 Å². The molecule has 0 amide bonds. The molecule has 4 heteroatoms. The summed E-state index contributed by atoms with van der Waals surface area (Å²) in [6.07, 6.45) is 1.76. The molecular weight excluding hydrogens is 377 g/mol. The van der Waals surface area contributed by atoms with Gasteiger partial charge in [-0.2, -0.15) is 0 Å². The molecule has 0 atom stereocenters. The van der Waals surface area contributed by atoms with E-state index in [2.05, 4.69) is 27.6 Å². The number of aromatic nitrogens is 1. The van der Waals surface area contributed by atoms with E-state index in [9.17, 15) is 4.79 Å². The van der Waals surface area contributed by atoms with Crippen LogP contribution in [0.4, 0.5) is 0 Å². The van der Waals surface area contributed by atoms with Gasteiger partial charge in [-0.3, -0.25) is 4.79 Å². The largest absolute Gasteiger partial charge is 0.493 e. The lowest BCUT2D eigenvalue weighted by molar-refractivity contribution is 0.104. The molecule has 0 saturated heterocycles. The first-order chi connectivity index (χ1) is 10.2. The first-order valence-electron chi connectivity index (χ1n) is 6.74. The zero-order valence-corrected chi connectivity index (χ0v) is 13.7. The molecule has 3 nitrogen and oxygen atoms in total. The normalized spacial score (nSPS) is 10.8. The molecule has 106 valence electrons. The molecule has 21 heavy (non-hydrogen) atoms. The number of nitrogens with one attached hydrogen (secondary N) is 1. The Hall–Kier alpha value is -1.82. The third-order valence-corrected chi connectivity index (χ3v) is 4.04. The SMILES string of the molecule is CCOc1cccc2[nH]cc(C(=O)c3ccc(I)cc3)c12. The fourth-order valence-electron chi connectivity index (χ4n) is 2.36. The Bertz CT molecular complexity index is 790. The Kier molecular flexibility index (Phi) is 3.96. The van der Waals surface area contributed by atoms with Crippen molar-refractivity contribution in [1.29, 1.82) is 0 Å². The molecule has 3 rings (SSSR count). The van der Waals surface area contributed by atoms with Gasteiger partial charge >= 0.3 is 0 Å². The van der Waals surface area contributed by atoms with Gasteiger partial charge in [0.1, 0.15) is 5.75 Å². The number of carbonyl (C=O) groups is 1. The first-order valence-corrected chi connectivity index (χ1v) is 7.81. The van der Waals surface area contributed by atoms with Gasteiger partial charge in [0, 0.05) is 20.8 Å². The number of hydrogen-bond donors (Lipinski definition) is 1. The lowest BCUT2D eigenvalue weighted by Crippen LogP contribution is -2.01. The van der Waals surface area contributed by atoms with E-state index < -0.39 is 0 Å². The zero-order chi connectivity index (χ0) is 14.8. The number of aromatic amines is 1. The van der Waals surface area contributed by atoms with Crippen LogP contribution in [-0.2, 0) is 0 Å². The maximum absolute atomic E-state index is 12.7. The number of ketones is 1. The van der Waals surface area contributed by atoms with Crippen molar-refractivity contribution in [2.24, 2.45) is 0 Å². The lowest BCUT2D eigenvalue weighted by Gasteiger charge is -2.06. The highest BCUT2D eigenvalue weighted by molar-refractivity contribution is 14.1. The van der Waals surface area contributed by atoms with Crippen molar-refractivity contribution in [3.63, 3.8) is 0 Å². The van der Waals surface area contributed by atoms with Crippen molar-refractivity contribution >= 4 is 39.3 Å². The Morgan fingerprint density at radius 2 is 1.95 bits per heavy atom. The molecule has 0 aliphatic carbocycles. The molecule has 0 radical (unpaired) electrons. The van der Waals surface area contributed by atoms with Crippen molar-refractivity contribution in [3.05, 3.63) is 63.4 Å². The topological polar surface area (TPSA) is 42.1 Å². The molecule has 0 spiro atoms. The van der Waals surface area contributed by atoms with Gasteiger partial charge in [-0.25, -0.2) is 0 Å². The summed E-state index contributed by atoms with van der Waals surface area (Å²) in [7, 11) is 0. The van der Waals surface area contributed by atoms with E-state index in [1.54, 1.807) is 6.20 Å². The molecule has 0 unspecified atom stereocenters. The van der Waals surface area contributed by atoms with E-state index in [0.29, 0.717) is 17.7 Å². The molecular formula is C17H14INO2. The van der Waals surface area contributed by atoms with E-state index in [0.717, 1.165) is 20.2 Å². The van der Waals surface area contributed by atoms with E-state index in [4.69, 9.17) is 4.74 Å². The van der Waals surface area contributed by atoms with Crippen LogP contribution in [0.2, 0.25) is 0 Å². The second kappa shape index (κ2) is 5.89. The summed E-state index contributed by atoms with van der Waals surface area (Å²) in [6.45, 7) is 2.51. The van der Waals surface area contributed by atoms with Gasteiger partial charge in [0.25, 0.3) is 0 Å². The Morgan fingerprint density at radius 1 is 1.19 bits per heavy atom. The van der Waals surface area contributed by atoms with Crippen molar-refractivity contribution < 1.29 is 9.53 Å². The highest BCUT2D eigenvalue weighted by Crippen LogP contribution is 2.30. The Morgan fingerprint density at radius 3 is 2.67 bits per heavy atom. The van der Waals surface area contributed by atoms with Crippen LogP contribution in [0.15, 0.2) is 48.7 Å². The number of benzene rings is 2. The Labute approximate surface area is 136 Å². The second-order valence-corrected chi connectivity index (χ2v) is 5.90. The van der Waals surface area contributed by atoms with Crippen LogP contribution in [0.25, 0.3) is 10.9 Å². The summed E-state index contributed by atoms with van der Waals surface area (Å²) in [5.74, 6) is 0.745. The van der Waals surface area contributed by atoms with Crippen molar-refractivity contribution in [2.45, 2.75) is 6.92 Å². The number of carbonyl (C=O) groups excluding carboxylic acids is 1. The number of rotatable bonds is 4. The standard InChI is InChI=1S/C17H14INO2/c1-2-21-15-5-3-4-14-16(15)13(10-19-14)17(20)11-6-8-12(18)9-7-11/h3-10,19H,2H2,1H3. The van der Waals surface area contributed by atoms with Gasteiger partial charge in [-0.05, 0) is 65.9 Å². The van der Waals surface area contributed by atoms with Crippen molar-refractivity contribution in [2.75, 3.05) is 6.61 Å². The summed E-state index contributed by atoms with van der Waals surface area (Å²) >= 11 is 2.23. The van der Waals surface area contributed by atoms with E-state index in [1.165, 1.54) is 0 Å². The lowest BCUT2D eigenvalue weighted by atomic mass is 10.0. The fraction of sp³-hybridized carbons (Fsp3) is 0.118. The second-order valence-electron chi connectivity index (χ2n) is 4.65. The van der Waals surface area contributed by atoms with E-state index in [-0.39, 0.29) is 5.78 Å². The van der Waals surface area contributed by atoms with Gasteiger partial charge in [0.05, 0.1) is 17.6 Å². The zero-order valence-electron chi connectivity index (χ0n) is 11.5. The summed E-state index contributed by atoms with van der Waals surface area (Å²) in [4.78, 5) is 15.9. The molecule has 0 bridgehead atoms. The number of H-pyrrole nitrogens is 1. The smallest absolute Gasteiger partial charge is 0.195 e. The minimum Gasteiger partial charge on any atom is -0.493 e. The molecule has 1 N–H and O–H groups in total. The summed E-state index contributed by atoms with van der Waals surface area (Å²) in [6, 6.07) is 13.3. The average molecular weight is 391 g/mol. The predicted octanol–water partition coefficient (Wildman–Crippen LogP) is 4.40. The molecule has 0 saturated carbocycles. The molecule has 0 aliphatic rings. The first kappa shape index (κ1) is 14.1. The monoisotopic (exact) mass is 391 g/mol. The maximum atomic E-state index is 12.7. The van der Waals surface area contributed by atoms with Crippen LogP contribution >= 0.6 is 22.6 Å². The number of halogens is 1. The fourth-order valence-corrected chi connectivity index (χ4v) is 2.72. The molecule has 0 fully saturated rings. The predicted molar refractivity (Wildman–Crippen MR) is 92.1 cm³/mol. The van der Waals surface area contributed by atoms with Crippen LogP contribution in [-0.4, -0.2) is 17.4 Å². The number of hydrogen-bond acceptors (Lipinski definition) is 2. The Balaban J connectivity index is 2.11. The quantitative estimate of drug-likeness (QED) is 0.529. The summed E-state index contributed by atoms with van der Waals surface area (Å²) in [5.41, 5.74) is 2.24. The van der Waals surface area contributed by atoms with Gasteiger partial charge in [0.15, 0.2) is 5.78 Å². The minimum absolute atomic E-state index is 0.00445. The van der Waals surface area contributed by atoms with Crippen LogP contribution in [0, 0.1) is 3.57 Å². The van der Waals surface area contributed by atoms with Gasteiger partial charge in [0.2, 0.25) is 0 Å². The summed E-state index contributed by atoms with van der Waals surface area (Å²) < 4.78 is 6.76. The summed E-state index contributed by atoms with van der Waals surface area (Å²) in [5, 5.41) is 0.850. The molecule has 3 aromatic rings.